The van der Waals surface area contributed by atoms with Crippen LogP contribution in [-0.2, 0) is 0 Å². The second kappa shape index (κ2) is 4.65. The van der Waals surface area contributed by atoms with Gasteiger partial charge >= 0.3 is 0 Å². The highest BCUT2D eigenvalue weighted by molar-refractivity contribution is 6.17. The van der Waals surface area contributed by atoms with E-state index in [2.05, 4.69) is 23.2 Å². The van der Waals surface area contributed by atoms with E-state index in [-0.39, 0.29) is 0 Å². The molecule has 0 bridgehead atoms. The number of rotatable bonds is 1. The number of hydrogen-bond acceptors (Lipinski definition) is 3. The van der Waals surface area contributed by atoms with Gasteiger partial charge in [0.1, 0.15) is 11.1 Å². The molecule has 3 nitrogen and oxygen atoms in total. The van der Waals surface area contributed by atoms with Crippen LogP contribution >= 0.6 is 0 Å². The first kappa shape index (κ1) is 12.4. The Kier molecular flexibility index (Phi) is 2.50. The van der Waals surface area contributed by atoms with Crippen LogP contribution in [0.2, 0.25) is 0 Å². The van der Waals surface area contributed by atoms with Crippen molar-refractivity contribution in [3.05, 3.63) is 72.9 Å². The van der Waals surface area contributed by atoms with Gasteiger partial charge in [-0.25, -0.2) is 9.97 Å². The highest BCUT2D eigenvalue weighted by Gasteiger charge is 2.13. The van der Waals surface area contributed by atoms with Crippen molar-refractivity contribution in [3.63, 3.8) is 0 Å². The van der Waals surface area contributed by atoms with E-state index in [1.165, 1.54) is 5.39 Å². The molecule has 0 saturated heterocycles. The molecule has 0 aliphatic rings. The second-order valence-corrected chi connectivity index (χ2v) is 5.53. The normalized spacial score (nSPS) is 11.5. The Balaban J connectivity index is 1.91. The summed E-state index contributed by atoms with van der Waals surface area (Å²) in [5, 5.41) is 3.39. The predicted molar refractivity (Wildman–Crippen MR) is 92.3 cm³/mol. The molecule has 0 amide bonds. The fourth-order valence-corrected chi connectivity index (χ4v) is 3.05. The number of hydrogen-bond donors (Lipinski definition) is 0. The van der Waals surface area contributed by atoms with E-state index in [1.54, 1.807) is 6.20 Å². The van der Waals surface area contributed by atoms with E-state index in [9.17, 15) is 0 Å². The smallest absolute Gasteiger partial charge is 0.172 e. The second-order valence-electron chi connectivity index (χ2n) is 5.53. The Bertz CT molecular complexity index is 1160. The largest absolute Gasteiger partial charge is 0.453 e. The van der Waals surface area contributed by atoms with Crippen molar-refractivity contribution >= 4 is 32.8 Å². The zero-order valence-corrected chi connectivity index (χ0v) is 12.2. The van der Waals surface area contributed by atoms with Gasteiger partial charge in [-0.3, -0.25) is 0 Å². The monoisotopic (exact) mass is 296 g/mol. The van der Waals surface area contributed by atoms with Gasteiger partial charge in [0.15, 0.2) is 11.4 Å². The minimum atomic E-state index is 0.716. The van der Waals surface area contributed by atoms with E-state index in [4.69, 9.17) is 9.40 Å². The van der Waals surface area contributed by atoms with Crippen LogP contribution in [0.25, 0.3) is 44.2 Å². The molecule has 0 saturated carbocycles. The molecule has 0 spiro atoms. The maximum absolute atomic E-state index is 5.93. The number of furan rings is 1. The van der Waals surface area contributed by atoms with E-state index in [0.29, 0.717) is 5.82 Å². The zero-order valence-electron chi connectivity index (χ0n) is 12.2. The molecule has 0 aliphatic carbocycles. The quantitative estimate of drug-likeness (QED) is 0.427. The molecule has 2 heterocycles. The lowest BCUT2D eigenvalue weighted by Gasteiger charge is -2.00. The minimum absolute atomic E-state index is 0.716. The molecular formula is C20H12N2O. The Hall–Kier alpha value is -3.20. The molecule has 23 heavy (non-hydrogen) atoms. The molecule has 3 aromatic carbocycles. The lowest BCUT2D eigenvalue weighted by Crippen LogP contribution is -1.88. The van der Waals surface area contributed by atoms with Crippen LogP contribution in [0.1, 0.15) is 0 Å². The van der Waals surface area contributed by atoms with Crippen LogP contribution in [0.5, 0.6) is 0 Å². The molecule has 0 unspecified atom stereocenters. The highest BCUT2D eigenvalue weighted by Crippen LogP contribution is 2.33. The third kappa shape index (κ3) is 1.83. The minimum Gasteiger partial charge on any atom is -0.453 e. The van der Waals surface area contributed by atoms with Gasteiger partial charge in [-0.2, -0.15) is 0 Å². The van der Waals surface area contributed by atoms with E-state index >= 15 is 0 Å². The van der Waals surface area contributed by atoms with Crippen LogP contribution in [-0.4, -0.2) is 9.97 Å². The number of nitrogens with zero attached hydrogens (tertiary/aromatic N) is 2. The van der Waals surface area contributed by atoms with Gasteiger partial charge in [0.05, 0.1) is 11.6 Å². The van der Waals surface area contributed by atoms with Crippen molar-refractivity contribution in [2.75, 3.05) is 0 Å². The van der Waals surface area contributed by atoms with Crippen LogP contribution in [0.3, 0.4) is 0 Å². The molecule has 0 N–H and O–H groups in total. The number of aromatic nitrogens is 2. The number of fused-ring (bicyclic) bond motifs is 5. The molecule has 5 rings (SSSR count). The fraction of sp³-hybridized carbons (Fsp3) is 0. The molecule has 2 aromatic heterocycles. The molecule has 0 fully saturated rings. The summed E-state index contributed by atoms with van der Waals surface area (Å²) in [6, 6.07) is 22.4. The Morgan fingerprint density at radius 1 is 0.739 bits per heavy atom. The lowest BCUT2D eigenvalue weighted by molar-refractivity contribution is 0.666. The van der Waals surface area contributed by atoms with Gasteiger partial charge in [-0.1, -0.05) is 60.7 Å². The average Bonchev–Trinajstić information content (AvgIpc) is 3.00. The van der Waals surface area contributed by atoms with Crippen LogP contribution in [0.15, 0.2) is 77.3 Å². The first-order valence-corrected chi connectivity index (χ1v) is 7.52. The molecule has 0 atom stereocenters. The fourth-order valence-electron chi connectivity index (χ4n) is 3.05. The summed E-state index contributed by atoms with van der Waals surface area (Å²) < 4.78 is 5.93. The predicted octanol–water partition coefficient (Wildman–Crippen LogP) is 5.20. The van der Waals surface area contributed by atoms with Gasteiger partial charge in [0.2, 0.25) is 0 Å². The van der Waals surface area contributed by atoms with Crippen LogP contribution < -0.4 is 0 Å². The van der Waals surface area contributed by atoms with Gasteiger partial charge in [0, 0.05) is 5.56 Å². The van der Waals surface area contributed by atoms with Crippen molar-refractivity contribution in [2.45, 2.75) is 0 Å². The standard InChI is InChI=1S/C20H12N2O/c1-2-7-14(8-3-1)20-21-12-17-19(22-20)18-15-9-5-4-6-13(15)10-11-16(18)23-17/h1-12H. The van der Waals surface area contributed by atoms with Crippen molar-refractivity contribution in [1.82, 2.24) is 9.97 Å². The molecular weight excluding hydrogens is 284 g/mol. The first-order valence-electron chi connectivity index (χ1n) is 7.52. The van der Waals surface area contributed by atoms with Gasteiger partial charge in [0.25, 0.3) is 0 Å². The van der Waals surface area contributed by atoms with Crippen LogP contribution in [0.4, 0.5) is 0 Å². The summed E-state index contributed by atoms with van der Waals surface area (Å²) in [6.07, 6.45) is 1.76. The lowest BCUT2D eigenvalue weighted by atomic mass is 10.1. The first-order chi connectivity index (χ1) is 11.4. The average molecular weight is 296 g/mol. The van der Waals surface area contributed by atoms with Gasteiger partial charge in [-0.15, -0.1) is 0 Å². The summed E-state index contributed by atoms with van der Waals surface area (Å²) in [7, 11) is 0. The van der Waals surface area contributed by atoms with Gasteiger partial charge in [-0.05, 0) is 16.8 Å². The van der Waals surface area contributed by atoms with Crippen molar-refractivity contribution in [3.8, 4) is 11.4 Å². The Morgan fingerprint density at radius 2 is 1.57 bits per heavy atom. The Labute approximate surface area is 132 Å². The van der Waals surface area contributed by atoms with E-state index in [1.807, 2.05) is 48.5 Å². The summed E-state index contributed by atoms with van der Waals surface area (Å²) in [5.74, 6) is 0.716. The summed E-state index contributed by atoms with van der Waals surface area (Å²) in [5.41, 5.74) is 3.43. The van der Waals surface area contributed by atoms with Crippen molar-refractivity contribution < 1.29 is 4.42 Å². The van der Waals surface area contributed by atoms with E-state index in [0.717, 1.165) is 33.0 Å². The third-order valence-corrected chi connectivity index (χ3v) is 4.13. The van der Waals surface area contributed by atoms with Crippen LogP contribution in [0, 0.1) is 0 Å². The topological polar surface area (TPSA) is 38.9 Å². The highest BCUT2D eigenvalue weighted by atomic mass is 16.3. The summed E-state index contributed by atoms with van der Waals surface area (Å²) >= 11 is 0. The maximum Gasteiger partial charge on any atom is 0.172 e. The molecule has 0 radical (unpaired) electrons. The summed E-state index contributed by atoms with van der Waals surface area (Å²) in [6.45, 7) is 0. The van der Waals surface area contributed by atoms with Crippen molar-refractivity contribution in [1.29, 1.82) is 0 Å². The zero-order chi connectivity index (χ0) is 15.2. The maximum atomic E-state index is 5.93. The van der Waals surface area contributed by atoms with E-state index < -0.39 is 0 Å². The SMILES string of the molecule is c1ccc(-c2ncc3oc4ccc5ccccc5c4c3n2)cc1. The van der Waals surface area contributed by atoms with Crippen molar-refractivity contribution in [2.24, 2.45) is 0 Å². The molecule has 108 valence electrons. The molecule has 5 aromatic rings. The van der Waals surface area contributed by atoms with Gasteiger partial charge < -0.3 is 4.42 Å². The summed E-state index contributed by atoms with van der Waals surface area (Å²) in [4.78, 5) is 9.23. The number of benzene rings is 3. The molecule has 0 aliphatic heterocycles. The molecule has 3 heteroatoms. The third-order valence-electron chi connectivity index (χ3n) is 4.13. The Morgan fingerprint density at radius 3 is 2.48 bits per heavy atom.